The molecule has 1 saturated carbocycles. The van der Waals surface area contributed by atoms with E-state index in [2.05, 4.69) is 16.0 Å². The van der Waals surface area contributed by atoms with Crippen molar-refractivity contribution in [3.63, 3.8) is 0 Å². The van der Waals surface area contributed by atoms with Gasteiger partial charge in [0.1, 0.15) is 0 Å². The molecule has 1 rings (SSSR count). The van der Waals surface area contributed by atoms with Gasteiger partial charge in [0.2, 0.25) is 11.8 Å². The van der Waals surface area contributed by atoms with Crippen LogP contribution in [0.1, 0.15) is 39.0 Å². The molecular formula is C13H25N3O2. The molecule has 5 nitrogen and oxygen atoms in total. The Labute approximate surface area is 109 Å². The van der Waals surface area contributed by atoms with E-state index in [9.17, 15) is 9.59 Å². The van der Waals surface area contributed by atoms with E-state index in [0.717, 1.165) is 32.2 Å². The summed E-state index contributed by atoms with van der Waals surface area (Å²) in [6.07, 6.45) is 4.63. The molecule has 0 saturated heterocycles. The van der Waals surface area contributed by atoms with Crippen LogP contribution in [0.25, 0.3) is 0 Å². The molecule has 1 atom stereocenters. The van der Waals surface area contributed by atoms with Crippen LogP contribution in [0.5, 0.6) is 0 Å². The molecule has 2 amide bonds. The van der Waals surface area contributed by atoms with E-state index in [1.807, 2.05) is 14.0 Å². The molecule has 0 aromatic heterocycles. The molecule has 1 fully saturated rings. The molecular weight excluding hydrogens is 230 g/mol. The summed E-state index contributed by atoms with van der Waals surface area (Å²) in [5.74, 6) is 0.271. The third kappa shape index (κ3) is 5.49. The highest BCUT2D eigenvalue weighted by molar-refractivity contribution is 5.81. The highest BCUT2D eigenvalue weighted by Crippen LogP contribution is 2.24. The first-order chi connectivity index (χ1) is 8.63. The summed E-state index contributed by atoms with van der Waals surface area (Å²) in [5.41, 5.74) is 0. The predicted octanol–water partition coefficient (Wildman–Crippen LogP) is 0.407. The minimum Gasteiger partial charge on any atom is -0.355 e. The van der Waals surface area contributed by atoms with E-state index in [4.69, 9.17) is 0 Å². The van der Waals surface area contributed by atoms with Crippen molar-refractivity contribution in [3.05, 3.63) is 0 Å². The van der Waals surface area contributed by atoms with Gasteiger partial charge in [-0.05, 0) is 26.8 Å². The van der Waals surface area contributed by atoms with Gasteiger partial charge >= 0.3 is 0 Å². The van der Waals surface area contributed by atoms with E-state index in [1.165, 1.54) is 0 Å². The van der Waals surface area contributed by atoms with Crippen molar-refractivity contribution in [2.75, 3.05) is 20.1 Å². The van der Waals surface area contributed by atoms with E-state index >= 15 is 0 Å². The van der Waals surface area contributed by atoms with Gasteiger partial charge in [-0.1, -0.05) is 12.8 Å². The second kappa shape index (κ2) is 8.08. The molecule has 0 spiro atoms. The SMILES string of the molecule is CNCCNC(=O)CC(C)NC(=O)C1CCCC1. The van der Waals surface area contributed by atoms with Gasteiger partial charge in [-0.3, -0.25) is 9.59 Å². The average Bonchev–Trinajstić information content (AvgIpc) is 2.82. The number of hydrogen-bond donors (Lipinski definition) is 3. The summed E-state index contributed by atoms with van der Waals surface area (Å²) in [7, 11) is 1.84. The van der Waals surface area contributed by atoms with Crippen LogP contribution < -0.4 is 16.0 Å². The number of likely N-dealkylation sites (N-methyl/N-ethyl adjacent to an activating group) is 1. The Morgan fingerprint density at radius 3 is 2.50 bits per heavy atom. The molecule has 0 heterocycles. The lowest BCUT2D eigenvalue weighted by atomic mass is 10.1. The summed E-state index contributed by atoms with van der Waals surface area (Å²) >= 11 is 0. The van der Waals surface area contributed by atoms with Crippen molar-refractivity contribution in [2.45, 2.75) is 45.1 Å². The van der Waals surface area contributed by atoms with Crippen LogP contribution in [-0.2, 0) is 9.59 Å². The molecule has 1 unspecified atom stereocenters. The van der Waals surface area contributed by atoms with Crippen LogP contribution in [0.2, 0.25) is 0 Å². The van der Waals surface area contributed by atoms with Gasteiger partial charge in [-0.15, -0.1) is 0 Å². The van der Waals surface area contributed by atoms with Crippen LogP contribution in [0.3, 0.4) is 0 Å². The second-order valence-corrected chi connectivity index (χ2v) is 5.05. The van der Waals surface area contributed by atoms with Gasteiger partial charge in [-0.25, -0.2) is 0 Å². The zero-order valence-corrected chi connectivity index (χ0v) is 11.4. The minimum absolute atomic E-state index is 0.00975. The maximum absolute atomic E-state index is 11.8. The minimum atomic E-state index is -0.0901. The number of rotatable bonds is 7. The lowest BCUT2D eigenvalue weighted by Gasteiger charge is -2.16. The molecule has 0 bridgehead atoms. The lowest BCUT2D eigenvalue weighted by Crippen LogP contribution is -2.40. The van der Waals surface area contributed by atoms with Crippen molar-refractivity contribution in [1.29, 1.82) is 0 Å². The smallest absolute Gasteiger partial charge is 0.223 e. The molecule has 104 valence electrons. The summed E-state index contributed by atoms with van der Waals surface area (Å²) in [6, 6.07) is -0.0901. The molecule has 1 aliphatic rings. The summed E-state index contributed by atoms with van der Waals surface area (Å²) in [5, 5.41) is 8.69. The van der Waals surface area contributed by atoms with Crippen LogP contribution >= 0.6 is 0 Å². The highest BCUT2D eigenvalue weighted by atomic mass is 16.2. The summed E-state index contributed by atoms with van der Waals surface area (Å²) in [4.78, 5) is 23.4. The Kier molecular flexibility index (Phi) is 6.72. The Balaban J connectivity index is 2.17. The van der Waals surface area contributed by atoms with Crippen LogP contribution in [0, 0.1) is 5.92 Å². The normalized spacial score (nSPS) is 17.4. The fraction of sp³-hybridized carbons (Fsp3) is 0.846. The average molecular weight is 255 g/mol. The van der Waals surface area contributed by atoms with Crippen LogP contribution in [0.15, 0.2) is 0 Å². The van der Waals surface area contributed by atoms with Crippen molar-refractivity contribution in [3.8, 4) is 0 Å². The Morgan fingerprint density at radius 2 is 1.89 bits per heavy atom. The molecule has 3 N–H and O–H groups in total. The van der Waals surface area contributed by atoms with Gasteiger partial charge in [0, 0.05) is 31.5 Å². The molecule has 18 heavy (non-hydrogen) atoms. The third-order valence-electron chi connectivity index (χ3n) is 3.30. The monoisotopic (exact) mass is 255 g/mol. The van der Waals surface area contributed by atoms with Crippen molar-refractivity contribution in [1.82, 2.24) is 16.0 Å². The van der Waals surface area contributed by atoms with Crippen molar-refractivity contribution >= 4 is 11.8 Å². The number of carbonyl (C=O) groups excluding carboxylic acids is 2. The molecule has 1 aliphatic carbocycles. The van der Waals surface area contributed by atoms with Crippen molar-refractivity contribution < 1.29 is 9.59 Å². The number of hydrogen-bond acceptors (Lipinski definition) is 3. The molecule has 0 radical (unpaired) electrons. The first kappa shape index (κ1) is 15.0. The van der Waals surface area contributed by atoms with E-state index < -0.39 is 0 Å². The number of carbonyl (C=O) groups is 2. The van der Waals surface area contributed by atoms with E-state index in [0.29, 0.717) is 13.0 Å². The first-order valence-corrected chi connectivity index (χ1v) is 6.85. The second-order valence-electron chi connectivity index (χ2n) is 5.05. The fourth-order valence-electron chi connectivity index (χ4n) is 2.28. The zero-order valence-electron chi connectivity index (χ0n) is 11.4. The van der Waals surface area contributed by atoms with Gasteiger partial charge in [-0.2, -0.15) is 0 Å². The standard InChI is InChI=1S/C13H25N3O2/c1-10(9-12(17)15-8-7-14-2)16-13(18)11-5-3-4-6-11/h10-11,14H,3-9H2,1-2H3,(H,15,17)(H,16,18). The van der Waals surface area contributed by atoms with E-state index in [1.54, 1.807) is 0 Å². The summed E-state index contributed by atoms with van der Waals surface area (Å²) in [6.45, 7) is 3.26. The third-order valence-corrected chi connectivity index (χ3v) is 3.30. The Morgan fingerprint density at radius 1 is 1.22 bits per heavy atom. The molecule has 0 aromatic carbocycles. The quantitative estimate of drug-likeness (QED) is 0.577. The maximum atomic E-state index is 11.8. The summed E-state index contributed by atoms with van der Waals surface area (Å²) < 4.78 is 0. The molecule has 0 aromatic rings. The topological polar surface area (TPSA) is 70.2 Å². The largest absolute Gasteiger partial charge is 0.355 e. The molecule has 0 aliphatic heterocycles. The zero-order chi connectivity index (χ0) is 13.4. The first-order valence-electron chi connectivity index (χ1n) is 6.85. The van der Waals surface area contributed by atoms with Gasteiger partial charge in [0.25, 0.3) is 0 Å². The Bertz CT molecular complexity index is 275. The van der Waals surface area contributed by atoms with Gasteiger partial charge < -0.3 is 16.0 Å². The van der Waals surface area contributed by atoms with Gasteiger partial charge in [0.15, 0.2) is 0 Å². The van der Waals surface area contributed by atoms with Crippen molar-refractivity contribution in [2.24, 2.45) is 5.92 Å². The van der Waals surface area contributed by atoms with Gasteiger partial charge in [0.05, 0.1) is 0 Å². The van der Waals surface area contributed by atoms with Crippen LogP contribution in [0.4, 0.5) is 0 Å². The van der Waals surface area contributed by atoms with E-state index in [-0.39, 0.29) is 23.8 Å². The lowest BCUT2D eigenvalue weighted by molar-refractivity contribution is -0.126. The van der Waals surface area contributed by atoms with Crippen LogP contribution in [-0.4, -0.2) is 38.0 Å². The highest BCUT2D eigenvalue weighted by Gasteiger charge is 2.23. The number of amides is 2. The predicted molar refractivity (Wildman–Crippen MR) is 71.1 cm³/mol. The maximum Gasteiger partial charge on any atom is 0.223 e. The number of nitrogens with one attached hydrogen (secondary N) is 3. The molecule has 5 heteroatoms. The fourth-order valence-corrected chi connectivity index (χ4v) is 2.28. The Hall–Kier alpha value is -1.10.